The molecule has 2 aliphatic rings. The van der Waals surface area contributed by atoms with Gasteiger partial charge in [0.05, 0.1) is 0 Å². The van der Waals surface area contributed by atoms with E-state index in [4.69, 9.17) is 11.6 Å². The summed E-state index contributed by atoms with van der Waals surface area (Å²) in [6.45, 7) is 4.99. The summed E-state index contributed by atoms with van der Waals surface area (Å²) >= 11 is 6.14. The van der Waals surface area contributed by atoms with Crippen molar-refractivity contribution in [1.82, 2.24) is 9.80 Å². The normalized spacial score (nSPS) is 25.7. The molecule has 0 aromatic heterocycles. The van der Waals surface area contributed by atoms with Crippen molar-refractivity contribution in [3.8, 4) is 0 Å². The monoisotopic (exact) mass is 321 g/mol. The van der Waals surface area contributed by atoms with Crippen LogP contribution >= 0.6 is 11.6 Å². The van der Waals surface area contributed by atoms with Crippen LogP contribution in [0.3, 0.4) is 0 Å². The maximum atomic E-state index is 12.7. The summed E-state index contributed by atoms with van der Waals surface area (Å²) < 4.78 is 0. The van der Waals surface area contributed by atoms with Crippen molar-refractivity contribution < 1.29 is 4.79 Å². The van der Waals surface area contributed by atoms with Gasteiger partial charge in [0.2, 0.25) is 0 Å². The van der Waals surface area contributed by atoms with E-state index in [9.17, 15) is 4.79 Å². The molecule has 0 saturated carbocycles. The van der Waals surface area contributed by atoms with E-state index in [-0.39, 0.29) is 6.03 Å². The van der Waals surface area contributed by atoms with Crippen molar-refractivity contribution in [2.45, 2.75) is 32.2 Å². The number of carbonyl (C=O) groups is 1. The van der Waals surface area contributed by atoms with Crippen molar-refractivity contribution >= 4 is 23.3 Å². The second-order valence-corrected chi connectivity index (χ2v) is 7.02. The molecule has 5 heteroatoms. The number of hydrogen-bond acceptors (Lipinski definition) is 2. The number of rotatable bonds is 1. The molecule has 2 atom stereocenters. The topological polar surface area (TPSA) is 35.6 Å². The van der Waals surface area contributed by atoms with E-state index in [1.807, 2.05) is 30.0 Å². The molecule has 0 radical (unpaired) electrons. The fourth-order valence-corrected chi connectivity index (χ4v) is 3.88. The van der Waals surface area contributed by atoms with E-state index >= 15 is 0 Å². The largest absolute Gasteiger partial charge is 0.322 e. The van der Waals surface area contributed by atoms with Gasteiger partial charge < -0.3 is 15.1 Å². The summed E-state index contributed by atoms with van der Waals surface area (Å²) in [6, 6.07) is 6.07. The number of aryl methyl sites for hydroxylation is 1. The summed E-state index contributed by atoms with van der Waals surface area (Å²) in [5.41, 5.74) is 1.80. The molecule has 0 bridgehead atoms. The Balaban J connectivity index is 1.69. The van der Waals surface area contributed by atoms with Gasteiger partial charge >= 0.3 is 6.03 Å². The first-order valence-electron chi connectivity index (χ1n) is 8.07. The predicted octanol–water partition coefficient (Wildman–Crippen LogP) is 3.60. The molecule has 1 N–H and O–H groups in total. The Morgan fingerprint density at radius 2 is 2.14 bits per heavy atom. The van der Waals surface area contributed by atoms with Crippen molar-refractivity contribution in [3.63, 3.8) is 0 Å². The Morgan fingerprint density at radius 1 is 1.32 bits per heavy atom. The van der Waals surface area contributed by atoms with E-state index in [0.29, 0.717) is 17.0 Å². The van der Waals surface area contributed by atoms with Crippen LogP contribution in [-0.2, 0) is 0 Å². The number of carbonyl (C=O) groups excluding carboxylic acids is 1. The van der Waals surface area contributed by atoms with Crippen molar-refractivity contribution in [3.05, 3.63) is 28.8 Å². The van der Waals surface area contributed by atoms with Crippen LogP contribution in [0.4, 0.5) is 10.5 Å². The van der Waals surface area contributed by atoms with Crippen LogP contribution in [0.25, 0.3) is 0 Å². The molecule has 2 saturated heterocycles. The lowest BCUT2D eigenvalue weighted by Crippen LogP contribution is -2.56. The highest BCUT2D eigenvalue weighted by Crippen LogP contribution is 2.30. The minimum atomic E-state index is 0.0131. The summed E-state index contributed by atoms with van der Waals surface area (Å²) in [7, 11) is 2.17. The second kappa shape index (κ2) is 6.47. The Kier molecular flexibility index (Phi) is 4.59. The molecule has 120 valence electrons. The molecule has 2 fully saturated rings. The maximum absolute atomic E-state index is 12.7. The van der Waals surface area contributed by atoms with E-state index in [1.54, 1.807) is 0 Å². The number of anilines is 1. The van der Waals surface area contributed by atoms with E-state index in [1.165, 1.54) is 6.42 Å². The van der Waals surface area contributed by atoms with Crippen molar-refractivity contribution in [2.75, 3.05) is 32.0 Å². The minimum Gasteiger partial charge on any atom is -0.321 e. The number of benzene rings is 1. The number of nitrogens with zero attached hydrogens (tertiary/aromatic N) is 2. The third kappa shape index (κ3) is 3.23. The van der Waals surface area contributed by atoms with Crippen LogP contribution in [0.15, 0.2) is 18.2 Å². The summed E-state index contributed by atoms with van der Waals surface area (Å²) in [6.07, 6.45) is 3.40. The summed E-state index contributed by atoms with van der Waals surface area (Å²) in [5.74, 6) is 0.611. The standard InChI is InChI=1S/C17H24ClN3O/c1-12-5-6-14(10-15(12)18)19-17(22)21-8-3-4-13-11-20(2)9-7-16(13)21/h5-6,10,13,16H,3-4,7-9,11H2,1-2H3,(H,19,22)/t13-,16+/m1/s1. The highest BCUT2D eigenvalue weighted by Gasteiger charge is 2.37. The van der Waals surface area contributed by atoms with Gasteiger partial charge in [-0.2, -0.15) is 0 Å². The number of urea groups is 1. The van der Waals surface area contributed by atoms with Crippen LogP contribution in [0.2, 0.25) is 5.02 Å². The molecule has 2 heterocycles. The number of likely N-dealkylation sites (tertiary alicyclic amines) is 2. The molecule has 2 amide bonds. The molecule has 3 rings (SSSR count). The van der Waals surface area contributed by atoms with Gasteiger partial charge in [-0.25, -0.2) is 4.79 Å². The summed E-state index contributed by atoms with van der Waals surface area (Å²) in [4.78, 5) is 17.1. The van der Waals surface area contributed by atoms with E-state index < -0.39 is 0 Å². The van der Waals surface area contributed by atoms with Crippen LogP contribution in [0, 0.1) is 12.8 Å². The second-order valence-electron chi connectivity index (χ2n) is 6.61. The molecular formula is C17H24ClN3O. The van der Waals surface area contributed by atoms with Gasteiger partial charge in [-0.05, 0) is 63.4 Å². The number of amides is 2. The van der Waals surface area contributed by atoms with Gasteiger partial charge in [-0.3, -0.25) is 0 Å². The molecule has 2 aliphatic heterocycles. The van der Waals surface area contributed by atoms with Crippen LogP contribution in [0.1, 0.15) is 24.8 Å². The lowest BCUT2D eigenvalue weighted by atomic mass is 9.84. The fraction of sp³-hybridized carbons (Fsp3) is 0.588. The van der Waals surface area contributed by atoms with Gasteiger partial charge in [-0.1, -0.05) is 17.7 Å². The fourth-order valence-electron chi connectivity index (χ4n) is 3.70. The SMILES string of the molecule is Cc1ccc(NC(=O)N2CCC[C@@H]3CN(C)CC[C@@H]32)cc1Cl. The number of hydrogen-bond donors (Lipinski definition) is 1. The third-order valence-electron chi connectivity index (χ3n) is 4.96. The van der Waals surface area contributed by atoms with Gasteiger partial charge in [0.25, 0.3) is 0 Å². The zero-order chi connectivity index (χ0) is 15.7. The first-order chi connectivity index (χ1) is 10.5. The Labute approximate surface area is 137 Å². The van der Waals surface area contributed by atoms with E-state index in [2.05, 4.69) is 17.3 Å². The van der Waals surface area contributed by atoms with Crippen molar-refractivity contribution in [2.24, 2.45) is 5.92 Å². The molecule has 22 heavy (non-hydrogen) atoms. The Bertz CT molecular complexity index is 563. The summed E-state index contributed by atoms with van der Waals surface area (Å²) in [5, 5.41) is 3.70. The van der Waals surface area contributed by atoms with Crippen LogP contribution < -0.4 is 5.32 Å². The smallest absolute Gasteiger partial charge is 0.321 e. The van der Waals surface area contributed by atoms with Gasteiger partial charge in [0.1, 0.15) is 0 Å². The average molecular weight is 322 g/mol. The van der Waals surface area contributed by atoms with Crippen LogP contribution in [0.5, 0.6) is 0 Å². The molecule has 1 aromatic carbocycles. The lowest BCUT2D eigenvalue weighted by Gasteiger charge is -2.46. The highest BCUT2D eigenvalue weighted by molar-refractivity contribution is 6.31. The zero-order valence-electron chi connectivity index (χ0n) is 13.3. The van der Waals surface area contributed by atoms with Gasteiger partial charge in [0.15, 0.2) is 0 Å². The van der Waals surface area contributed by atoms with Gasteiger partial charge in [0, 0.05) is 29.8 Å². The number of fused-ring (bicyclic) bond motifs is 1. The first-order valence-corrected chi connectivity index (χ1v) is 8.44. The maximum Gasteiger partial charge on any atom is 0.322 e. The zero-order valence-corrected chi connectivity index (χ0v) is 14.1. The molecule has 1 aromatic rings. The predicted molar refractivity (Wildman–Crippen MR) is 90.5 cm³/mol. The van der Waals surface area contributed by atoms with Crippen molar-refractivity contribution in [1.29, 1.82) is 0 Å². The third-order valence-corrected chi connectivity index (χ3v) is 5.36. The average Bonchev–Trinajstić information content (AvgIpc) is 2.50. The molecular weight excluding hydrogens is 298 g/mol. The number of halogens is 1. The van der Waals surface area contributed by atoms with E-state index in [0.717, 1.165) is 43.7 Å². The molecule has 0 aliphatic carbocycles. The first kappa shape index (κ1) is 15.6. The van der Waals surface area contributed by atoms with Crippen LogP contribution in [-0.4, -0.2) is 48.6 Å². The van der Waals surface area contributed by atoms with Gasteiger partial charge in [-0.15, -0.1) is 0 Å². The Hall–Kier alpha value is -1.26. The Morgan fingerprint density at radius 3 is 2.91 bits per heavy atom. The number of piperidine rings is 2. The molecule has 0 spiro atoms. The lowest BCUT2D eigenvalue weighted by molar-refractivity contribution is 0.0579. The minimum absolute atomic E-state index is 0.0131. The highest BCUT2D eigenvalue weighted by atomic mass is 35.5. The molecule has 4 nitrogen and oxygen atoms in total. The number of nitrogens with one attached hydrogen (secondary N) is 1. The molecule has 0 unspecified atom stereocenters. The quantitative estimate of drug-likeness (QED) is 0.858.